The lowest BCUT2D eigenvalue weighted by molar-refractivity contribution is 0.600. The zero-order valence-corrected chi connectivity index (χ0v) is 12.7. The standard InChI is InChI=1S/C14H15ClN2O2S/c1-9-6-7-13(10(2)8-9)20(18,19)17-14-11(15)4-3-5-12(14)16/h3-8,17H,16H2,1-2H3. The van der Waals surface area contributed by atoms with Crippen LogP contribution in [0.2, 0.25) is 5.02 Å². The number of para-hydroxylation sites is 1. The molecule has 106 valence electrons. The summed E-state index contributed by atoms with van der Waals surface area (Å²) in [5.74, 6) is 0. The van der Waals surface area contributed by atoms with Gasteiger partial charge in [-0.1, -0.05) is 35.4 Å². The van der Waals surface area contributed by atoms with E-state index in [4.69, 9.17) is 17.3 Å². The Balaban J connectivity index is 2.46. The Morgan fingerprint density at radius 3 is 2.45 bits per heavy atom. The van der Waals surface area contributed by atoms with Gasteiger partial charge in [0.1, 0.15) is 0 Å². The van der Waals surface area contributed by atoms with Crippen molar-refractivity contribution >= 4 is 33.0 Å². The molecular weight excluding hydrogens is 296 g/mol. The quantitative estimate of drug-likeness (QED) is 0.854. The maximum Gasteiger partial charge on any atom is 0.262 e. The Labute approximate surface area is 123 Å². The van der Waals surface area contributed by atoms with Gasteiger partial charge < -0.3 is 5.73 Å². The van der Waals surface area contributed by atoms with Crippen molar-refractivity contribution in [1.82, 2.24) is 0 Å². The van der Waals surface area contributed by atoms with E-state index in [9.17, 15) is 8.42 Å². The molecule has 0 aliphatic heterocycles. The summed E-state index contributed by atoms with van der Waals surface area (Å²) in [5, 5.41) is 0.262. The first-order valence-electron chi connectivity index (χ1n) is 5.95. The monoisotopic (exact) mass is 310 g/mol. The molecule has 3 N–H and O–H groups in total. The predicted molar refractivity (Wildman–Crippen MR) is 82.6 cm³/mol. The lowest BCUT2D eigenvalue weighted by atomic mass is 10.2. The topological polar surface area (TPSA) is 72.2 Å². The van der Waals surface area contributed by atoms with Crippen LogP contribution >= 0.6 is 11.6 Å². The summed E-state index contributed by atoms with van der Waals surface area (Å²) < 4.78 is 27.3. The first-order valence-corrected chi connectivity index (χ1v) is 7.81. The van der Waals surface area contributed by atoms with E-state index in [1.165, 1.54) is 0 Å². The number of rotatable bonds is 3. The Morgan fingerprint density at radius 2 is 1.85 bits per heavy atom. The highest BCUT2D eigenvalue weighted by Gasteiger charge is 2.19. The normalized spacial score (nSPS) is 11.3. The van der Waals surface area contributed by atoms with Crippen molar-refractivity contribution in [1.29, 1.82) is 0 Å². The zero-order chi connectivity index (χ0) is 14.9. The number of halogens is 1. The smallest absolute Gasteiger partial charge is 0.262 e. The summed E-state index contributed by atoms with van der Waals surface area (Å²) in [6.07, 6.45) is 0. The highest BCUT2D eigenvalue weighted by molar-refractivity contribution is 7.92. The van der Waals surface area contributed by atoms with Crippen molar-refractivity contribution in [2.45, 2.75) is 18.7 Å². The van der Waals surface area contributed by atoms with E-state index in [1.807, 2.05) is 13.0 Å². The minimum atomic E-state index is -3.72. The molecule has 20 heavy (non-hydrogen) atoms. The molecule has 0 aliphatic rings. The van der Waals surface area contributed by atoms with Crippen molar-refractivity contribution in [3.05, 3.63) is 52.5 Å². The molecule has 6 heteroatoms. The van der Waals surface area contributed by atoms with Gasteiger partial charge in [-0.15, -0.1) is 0 Å². The summed E-state index contributed by atoms with van der Waals surface area (Å²) in [7, 11) is -3.72. The molecule has 0 heterocycles. The van der Waals surface area contributed by atoms with Crippen molar-refractivity contribution in [2.24, 2.45) is 0 Å². The number of aryl methyl sites for hydroxylation is 2. The summed E-state index contributed by atoms with van der Waals surface area (Å²) in [4.78, 5) is 0.211. The van der Waals surface area contributed by atoms with Crippen LogP contribution in [0.3, 0.4) is 0 Å². The molecule has 4 nitrogen and oxygen atoms in total. The third-order valence-electron chi connectivity index (χ3n) is 2.90. The molecule has 0 aromatic heterocycles. The summed E-state index contributed by atoms with van der Waals surface area (Å²) >= 11 is 5.98. The third kappa shape index (κ3) is 2.89. The number of anilines is 2. The molecule has 0 bridgehead atoms. The Bertz CT molecular complexity index is 738. The number of nitrogens with one attached hydrogen (secondary N) is 1. The molecular formula is C14H15ClN2O2S. The second-order valence-electron chi connectivity index (χ2n) is 4.58. The van der Waals surface area contributed by atoms with E-state index in [-0.39, 0.29) is 21.3 Å². The lowest BCUT2D eigenvalue weighted by Crippen LogP contribution is -2.15. The van der Waals surface area contributed by atoms with Gasteiger partial charge in [0.15, 0.2) is 0 Å². The Morgan fingerprint density at radius 1 is 1.15 bits per heavy atom. The summed E-state index contributed by atoms with van der Waals surface area (Å²) in [5.41, 5.74) is 7.91. The van der Waals surface area contributed by atoms with Crippen LogP contribution in [0.5, 0.6) is 0 Å². The van der Waals surface area contributed by atoms with E-state index in [0.29, 0.717) is 5.56 Å². The lowest BCUT2D eigenvalue weighted by Gasteiger charge is -2.13. The molecule has 2 rings (SSSR count). The van der Waals surface area contributed by atoms with Gasteiger partial charge in [-0.05, 0) is 37.6 Å². The van der Waals surface area contributed by atoms with Crippen molar-refractivity contribution in [3.63, 3.8) is 0 Å². The van der Waals surface area contributed by atoms with Gasteiger partial charge in [0.25, 0.3) is 10.0 Å². The number of benzene rings is 2. The second kappa shape index (κ2) is 5.34. The molecule has 2 aromatic rings. The Hall–Kier alpha value is -1.72. The van der Waals surface area contributed by atoms with Gasteiger partial charge in [-0.25, -0.2) is 8.42 Å². The molecule has 0 aliphatic carbocycles. The zero-order valence-electron chi connectivity index (χ0n) is 11.1. The van der Waals surface area contributed by atoms with Crippen LogP contribution in [0, 0.1) is 13.8 Å². The van der Waals surface area contributed by atoms with Gasteiger partial charge in [-0.2, -0.15) is 0 Å². The number of sulfonamides is 1. The van der Waals surface area contributed by atoms with Crippen LogP contribution in [0.15, 0.2) is 41.3 Å². The third-order valence-corrected chi connectivity index (χ3v) is 4.73. The van der Waals surface area contributed by atoms with Crippen LogP contribution in [0.1, 0.15) is 11.1 Å². The number of hydrogen-bond donors (Lipinski definition) is 2. The first kappa shape index (κ1) is 14.7. The van der Waals surface area contributed by atoms with Gasteiger partial charge >= 0.3 is 0 Å². The van der Waals surface area contributed by atoms with Crippen LogP contribution < -0.4 is 10.5 Å². The van der Waals surface area contributed by atoms with Gasteiger partial charge in [-0.3, -0.25) is 4.72 Å². The fraction of sp³-hybridized carbons (Fsp3) is 0.143. The molecule has 0 amide bonds. The molecule has 0 unspecified atom stereocenters. The van der Waals surface area contributed by atoms with E-state index < -0.39 is 10.0 Å². The van der Waals surface area contributed by atoms with Gasteiger partial charge in [0.05, 0.1) is 21.3 Å². The van der Waals surface area contributed by atoms with Crippen LogP contribution in [-0.4, -0.2) is 8.42 Å². The number of nitrogens with two attached hydrogens (primary N) is 1. The fourth-order valence-corrected chi connectivity index (χ4v) is 3.56. The maximum atomic E-state index is 12.4. The highest BCUT2D eigenvalue weighted by atomic mass is 35.5. The van der Waals surface area contributed by atoms with Gasteiger partial charge in [0, 0.05) is 0 Å². The Kier molecular flexibility index (Phi) is 3.92. The second-order valence-corrected chi connectivity index (χ2v) is 6.64. The van der Waals surface area contributed by atoms with Crippen LogP contribution in [-0.2, 0) is 10.0 Å². The highest BCUT2D eigenvalue weighted by Crippen LogP contribution is 2.30. The first-order chi connectivity index (χ1) is 9.31. The molecule has 0 radical (unpaired) electrons. The van der Waals surface area contributed by atoms with E-state index in [0.717, 1.165) is 5.56 Å². The van der Waals surface area contributed by atoms with Crippen molar-refractivity contribution < 1.29 is 8.42 Å². The average molecular weight is 311 g/mol. The minimum absolute atomic E-state index is 0.203. The van der Waals surface area contributed by atoms with Crippen LogP contribution in [0.25, 0.3) is 0 Å². The fourth-order valence-electron chi connectivity index (χ4n) is 1.94. The van der Waals surface area contributed by atoms with E-state index in [1.54, 1.807) is 37.3 Å². The largest absolute Gasteiger partial charge is 0.397 e. The predicted octanol–water partition coefficient (Wildman–Crippen LogP) is 3.34. The van der Waals surface area contributed by atoms with E-state index >= 15 is 0 Å². The minimum Gasteiger partial charge on any atom is -0.397 e. The van der Waals surface area contributed by atoms with Gasteiger partial charge in [0.2, 0.25) is 0 Å². The maximum absolute atomic E-state index is 12.4. The van der Waals surface area contributed by atoms with Crippen molar-refractivity contribution in [3.8, 4) is 0 Å². The van der Waals surface area contributed by atoms with Crippen LogP contribution in [0.4, 0.5) is 11.4 Å². The number of nitrogen functional groups attached to an aromatic ring is 1. The molecule has 0 saturated carbocycles. The average Bonchev–Trinajstić information content (AvgIpc) is 2.33. The van der Waals surface area contributed by atoms with E-state index in [2.05, 4.69) is 4.72 Å². The molecule has 0 saturated heterocycles. The molecule has 0 atom stereocenters. The number of hydrogen-bond acceptors (Lipinski definition) is 3. The summed E-state index contributed by atoms with van der Waals surface area (Å²) in [6.45, 7) is 3.65. The molecule has 0 fully saturated rings. The molecule has 2 aromatic carbocycles. The summed E-state index contributed by atoms with van der Waals surface area (Å²) in [6, 6.07) is 9.96. The SMILES string of the molecule is Cc1ccc(S(=O)(=O)Nc2c(N)cccc2Cl)c(C)c1. The van der Waals surface area contributed by atoms with Crippen molar-refractivity contribution in [2.75, 3.05) is 10.5 Å². The molecule has 0 spiro atoms.